The van der Waals surface area contributed by atoms with Gasteiger partial charge in [0.15, 0.2) is 0 Å². The molecule has 0 bridgehead atoms. The third-order valence-electron chi connectivity index (χ3n) is 3.55. The molecule has 7 heteroatoms. The van der Waals surface area contributed by atoms with Crippen LogP contribution in [0.25, 0.3) is 11.1 Å². The standard InChI is InChI=1S/C17H14ClFN2O3/c1-9(2)15-11-6-10(7-20-16(11)24-21-15)17(22)23-8-12-13(18)4-3-5-14(12)19/h3-7,9H,8H2,1-2H3. The Morgan fingerprint density at radius 2 is 2.21 bits per heavy atom. The number of ether oxygens (including phenoxy) is 1. The molecule has 0 aliphatic carbocycles. The highest BCUT2D eigenvalue weighted by molar-refractivity contribution is 6.31. The molecule has 24 heavy (non-hydrogen) atoms. The van der Waals surface area contributed by atoms with Crippen molar-refractivity contribution in [2.24, 2.45) is 0 Å². The molecule has 3 rings (SSSR count). The van der Waals surface area contributed by atoms with E-state index in [1.807, 2.05) is 13.8 Å². The van der Waals surface area contributed by atoms with Gasteiger partial charge in [0.1, 0.15) is 12.4 Å². The van der Waals surface area contributed by atoms with Crippen molar-refractivity contribution in [3.8, 4) is 0 Å². The maximum Gasteiger partial charge on any atom is 0.340 e. The molecule has 0 aliphatic heterocycles. The van der Waals surface area contributed by atoms with Gasteiger partial charge < -0.3 is 9.26 Å². The zero-order valence-electron chi connectivity index (χ0n) is 13.0. The second kappa shape index (κ2) is 6.57. The summed E-state index contributed by atoms with van der Waals surface area (Å²) in [5.74, 6) is -1.03. The van der Waals surface area contributed by atoms with Gasteiger partial charge in [-0.15, -0.1) is 0 Å². The molecule has 3 aromatic rings. The maximum absolute atomic E-state index is 13.7. The molecule has 124 valence electrons. The first-order valence-corrected chi connectivity index (χ1v) is 7.70. The topological polar surface area (TPSA) is 65.2 Å². The van der Waals surface area contributed by atoms with Crippen LogP contribution in [0, 0.1) is 5.82 Å². The molecule has 0 N–H and O–H groups in total. The minimum atomic E-state index is -0.625. The second-order valence-corrected chi connectivity index (χ2v) is 5.98. The Morgan fingerprint density at radius 1 is 1.42 bits per heavy atom. The van der Waals surface area contributed by atoms with Crippen LogP contribution in [-0.4, -0.2) is 16.1 Å². The number of nitrogens with zero attached hydrogens (tertiary/aromatic N) is 2. The summed E-state index contributed by atoms with van der Waals surface area (Å²) in [5, 5.41) is 4.82. The second-order valence-electron chi connectivity index (χ2n) is 5.58. The molecule has 1 aromatic carbocycles. The summed E-state index contributed by atoms with van der Waals surface area (Å²) in [6.45, 7) is 3.66. The number of benzene rings is 1. The van der Waals surface area contributed by atoms with E-state index in [-0.39, 0.29) is 28.7 Å². The van der Waals surface area contributed by atoms with Crippen LogP contribution in [0.5, 0.6) is 0 Å². The van der Waals surface area contributed by atoms with E-state index >= 15 is 0 Å². The van der Waals surface area contributed by atoms with E-state index in [1.165, 1.54) is 24.4 Å². The number of hydrogen-bond acceptors (Lipinski definition) is 5. The Bertz CT molecular complexity index is 888. The Hall–Kier alpha value is -2.47. The first-order valence-electron chi connectivity index (χ1n) is 7.32. The summed E-state index contributed by atoms with van der Waals surface area (Å²) in [6.07, 6.45) is 1.34. The summed E-state index contributed by atoms with van der Waals surface area (Å²) in [5.41, 5.74) is 1.44. The van der Waals surface area contributed by atoms with Crippen LogP contribution in [0.2, 0.25) is 5.02 Å². The van der Waals surface area contributed by atoms with Crippen LogP contribution in [-0.2, 0) is 11.3 Å². The minimum absolute atomic E-state index is 0.122. The zero-order valence-corrected chi connectivity index (χ0v) is 13.8. The van der Waals surface area contributed by atoms with Gasteiger partial charge in [-0.3, -0.25) is 0 Å². The fourth-order valence-electron chi connectivity index (χ4n) is 2.27. The highest BCUT2D eigenvalue weighted by Gasteiger charge is 2.17. The average Bonchev–Trinajstić information content (AvgIpc) is 2.97. The van der Waals surface area contributed by atoms with Crippen molar-refractivity contribution in [3.63, 3.8) is 0 Å². The highest BCUT2D eigenvalue weighted by atomic mass is 35.5. The first-order chi connectivity index (χ1) is 11.5. The minimum Gasteiger partial charge on any atom is -0.457 e. The Balaban J connectivity index is 1.82. The van der Waals surface area contributed by atoms with Crippen molar-refractivity contribution in [1.82, 2.24) is 10.1 Å². The van der Waals surface area contributed by atoms with Crippen molar-refractivity contribution >= 4 is 28.7 Å². The summed E-state index contributed by atoms with van der Waals surface area (Å²) >= 11 is 5.91. The number of aromatic nitrogens is 2. The van der Waals surface area contributed by atoms with Gasteiger partial charge in [0.25, 0.3) is 5.71 Å². The lowest BCUT2D eigenvalue weighted by Gasteiger charge is -2.07. The molecule has 0 radical (unpaired) electrons. The molecule has 2 heterocycles. The normalized spacial score (nSPS) is 11.2. The van der Waals surface area contributed by atoms with Crippen molar-refractivity contribution in [2.45, 2.75) is 26.4 Å². The van der Waals surface area contributed by atoms with E-state index in [0.717, 1.165) is 0 Å². The molecule has 0 spiro atoms. The number of esters is 1. The van der Waals surface area contributed by atoms with Gasteiger partial charge in [0.05, 0.1) is 21.7 Å². The highest BCUT2D eigenvalue weighted by Crippen LogP contribution is 2.25. The van der Waals surface area contributed by atoms with Crippen LogP contribution < -0.4 is 0 Å². The molecule has 0 atom stereocenters. The van der Waals surface area contributed by atoms with E-state index < -0.39 is 11.8 Å². The van der Waals surface area contributed by atoms with Crippen molar-refractivity contribution in [3.05, 3.63) is 58.1 Å². The average molecular weight is 349 g/mol. The number of halogens is 2. The maximum atomic E-state index is 13.7. The van der Waals surface area contributed by atoms with Crippen molar-refractivity contribution < 1.29 is 18.4 Å². The van der Waals surface area contributed by atoms with Gasteiger partial charge in [-0.25, -0.2) is 14.2 Å². The lowest BCUT2D eigenvalue weighted by Crippen LogP contribution is -2.07. The van der Waals surface area contributed by atoms with Crippen LogP contribution in [0.3, 0.4) is 0 Å². The SMILES string of the molecule is CC(C)c1noc2ncc(C(=O)OCc3c(F)cccc3Cl)cc12. The van der Waals surface area contributed by atoms with Gasteiger partial charge in [-0.05, 0) is 24.1 Å². The zero-order chi connectivity index (χ0) is 17.3. The first kappa shape index (κ1) is 16.4. The van der Waals surface area contributed by atoms with Gasteiger partial charge >= 0.3 is 5.97 Å². The lowest BCUT2D eigenvalue weighted by atomic mass is 10.1. The molecule has 0 saturated heterocycles. The molecular formula is C17H14ClFN2O3. The third-order valence-corrected chi connectivity index (χ3v) is 3.90. The Kier molecular flexibility index (Phi) is 4.49. The number of hydrogen-bond donors (Lipinski definition) is 0. The number of fused-ring (bicyclic) bond motifs is 1. The predicted molar refractivity (Wildman–Crippen MR) is 86.4 cm³/mol. The van der Waals surface area contributed by atoms with Crippen LogP contribution in [0.1, 0.15) is 41.4 Å². The molecule has 2 aromatic heterocycles. The summed E-state index contributed by atoms with van der Waals surface area (Å²) in [6, 6.07) is 5.89. The monoisotopic (exact) mass is 348 g/mol. The van der Waals surface area contributed by atoms with E-state index in [2.05, 4.69) is 10.1 Å². The quantitative estimate of drug-likeness (QED) is 0.650. The lowest BCUT2D eigenvalue weighted by molar-refractivity contribution is 0.0469. The van der Waals surface area contributed by atoms with Crippen LogP contribution >= 0.6 is 11.6 Å². The smallest absolute Gasteiger partial charge is 0.340 e. The van der Waals surface area contributed by atoms with Crippen molar-refractivity contribution in [2.75, 3.05) is 0 Å². The van der Waals surface area contributed by atoms with Crippen LogP contribution in [0.15, 0.2) is 35.0 Å². The number of pyridine rings is 1. The summed E-state index contributed by atoms with van der Waals surface area (Å²) in [7, 11) is 0. The van der Waals surface area contributed by atoms with E-state index in [1.54, 1.807) is 6.07 Å². The fourth-order valence-corrected chi connectivity index (χ4v) is 2.49. The van der Waals surface area contributed by atoms with E-state index in [0.29, 0.717) is 16.8 Å². The number of carbonyl (C=O) groups excluding carboxylic acids is 1. The molecule has 5 nitrogen and oxygen atoms in total. The molecule has 0 unspecified atom stereocenters. The van der Waals surface area contributed by atoms with Gasteiger partial charge in [0, 0.05) is 11.8 Å². The Morgan fingerprint density at radius 3 is 2.92 bits per heavy atom. The largest absolute Gasteiger partial charge is 0.457 e. The van der Waals surface area contributed by atoms with Gasteiger partial charge in [0.2, 0.25) is 0 Å². The van der Waals surface area contributed by atoms with E-state index in [9.17, 15) is 9.18 Å². The fraction of sp³-hybridized carbons (Fsp3) is 0.235. The van der Waals surface area contributed by atoms with Gasteiger partial charge in [-0.2, -0.15) is 0 Å². The number of carbonyl (C=O) groups is 1. The molecule has 0 aliphatic rings. The summed E-state index contributed by atoms with van der Waals surface area (Å²) in [4.78, 5) is 16.3. The third kappa shape index (κ3) is 3.10. The molecular weight excluding hydrogens is 335 g/mol. The molecule has 0 amide bonds. The van der Waals surface area contributed by atoms with Gasteiger partial charge in [-0.1, -0.05) is 36.7 Å². The summed E-state index contributed by atoms with van der Waals surface area (Å²) < 4.78 is 24.0. The predicted octanol–water partition coefficient (Wildman–Crippen LogP) is 4.50. The number of rotatable bonds is 4. The molecule has 0 fully saturated rings. The van der Waals surface area contributed by atoms with E-state index in [4.69, 9.17) is 20.9 Å². The molecule has 0 saturated carbocycles. The van der Waals surface area contributed by atoms with Crippen LogP contribution in [0.4, 0.5) is 4.39 Å². The Labute approximate surface area is 142 Å². The van der Waals surface area contributed by atoms with Crippen molar-refractivity contribution in [1.29, 1.82) is 0 Å².